The number of carbonyl (C=O) groups is 1. The van der Waals surface area contributed by atoms with Crippen molar-refractivity contribution >= 4 is 5.97 Å². The predicted octanol–water partition coefficient (Wildman–Crippen LogP) is 3.68. The number of ether oxygens (including phenoxy) is 8. The molecule has 6 unspecified atom stereocenters. The van der Waals surface area contributed by atoms with Crippen LogP contribution in [0.4, 0.5) is 0 Å². The van der Waals surface area contributed by atoms with Crippen molar-refractivity contribution in [3.05, 3.63) is 144 Å². The van der Waals surface area contributed by atoms with Gasteiger partial charge in [0.1, 0.15) is 42.7 Å². The Morgan fingerprint density at radius 2 is 0.925 bits per heavy atom. The lowest BCUT2D eigenvalue weighted by molar-refractivity contribution is -0.337. The minimum Gasteiger partial charge on any atom is -0.467 e. The fourth-order valence-corrected chi connectivity index (χ4v) is 6.32. The van der Waals surface area contributed by atoms with Crippen molar-refractivity contribution in [2.45, 2.75) is 87.8 Å². The first kappa shape index (κ1) is 38.7. The topological polar surface area (TPSA) is 152 Å². The van der Waals surface area contributed by atoms with Crippen molar-refractivity contribution in [1.82, 2.24) is 0 Å². The van der Waals surface area contributed by atoms with Crippen LogP contribution in [0.15, 0.2) is 121 Å². The summed E-state index contributed by atoms with van der Waals surface area (Å²) in [7, 11) is 1.21. The third kappa shape index (κ3) is 10.3. The monoisotopic (exact) mass is 730 g/mol. The Kier molecular flexibility index (Phi) is 14.1. The van der Waals surface area contributed by atoms with E-state index in [0.717, 1.165) is 22.3 Å². The van der Waals surface area contributed by atoms with Crippen molar-refractivity contribution in [2.75, 3.05) is 13.7 Å². The van der Waals surface area contributed by atoms with Gasteiger partial charge in [-0.2, -0.15) is 0 Å². The van der Waals surface area contributed by atoms with E-state index in [4.69, 9.17) is 37.9 Å². The van der Waals surface area contributed by atoms with Crippen LogP contribution in [-0.2, 0) is 69.1 Å². The normalized spacial score (nSPS) is 28.7. The molecule has 0 radical (unpaired) electrons. The summed E-state index contributed by atoms with van der Waals surface area (Å²) in [6, 6.07) is 37.4. The van der Waals surface area contributed by atoms with Crippen LogP contribution in [0.2, 0.25) is 0 Å². The number of benzene rings is 4. The van der Waals surface area contributed by atoms with Crippen LogP contribution < -0.4 is 0 Å². The van der Waals surface area contributed by atoms with E-state index in [1.54, 1.807) is 0 Å². The van der Waals surface area contributed by atoms with E-state index in [1.807, 2.05) is 121 Å². The van der Waals surface area contributed by atoms with Crippen LogP contribution in [0.5, 0.6) is 0 Å². The van der Waals surface area contributed by atoms with Crippen molar-refractivity contribution < 1.29 is 58.0 Å². The maximum atomic E-state index is 13.1. The number of esters is 1. The van der Waals surface area contributed by atoms with Crippen molar-refractivity contribution in [3.8, 4) is 0 Å². The molecule has 2 aliphatic heterocycles. The SMILES string of the molecule is COC(=O)C1O[C@H](OCC2O[C@H](O)C(OCc3ccccc3)C(O)[C@@H]2OCc2ccccc2)C(OCc2ccccc2)C(O)[C@@H]1OCc1ccccc1. The fourth-order valence-electron chi connectivity index (χ4n) is 6.32. The van der Waals surface area contributed by atoms with Gasteiger partial charge in [0.2, 0.25) is 0 Å². The van der Waals surface area contributed by atoms with Crippen LogP contribution in [0.25, 0.3) is 0 Å². The van der Waals surface area contributed by atoms with Gasteiger partial charge in [0.25, 0.3) is 0 Å². The van der Waals surface area contributed by atoms with Gasteiger partial charge in [0.05, 0.1) is 40.1 Å². The molecule has 12 nitrogen and oxygen atoms in total. The molecule has 2 aliphatic rings. The third-order valence-corrected chi connectivity index (χ3v) is 9.15. The molecule has 4 aromatic carbocycles. The molecular formula is C41H46O12. The molecule has 4 aromatic rings. The highest BCUT2D eigenvalue weighted by Gasteiger charge is 2.52. The van der Waals surface area contributed by atoms with E-state index in [-0.39, 0.29) is 33.0 Å². The summed E-state index contributed by atoms with van der Waals surface area (Å²) in [6.45, 7) is 0.101. The molecule has 0 bridgehead atoms. The third-order valence-electron chi connectivity index (χ3n) is 9.15. The Hall–Kier alpha value is -4.05. The molecule has 0 spiro atoms. The highest BCUT2D eigenvalue weighted by atomic mass is 16.7. The molecule has 2 heterocycles. The summed E-state index contributed by atoms with van der Waals surface area (Å²) in [4.78, 5) is 13.1. The van der Waals surface area contributed by atoms with Crippen molar-refractivity contribution in [2.24, 2.45) is 0 Å². The first-order valence-electron chi connectivity index (χ1n) is 17.6. The Morgan fingerprint density at radius 1 is 0.528 bits per heavy atom. The second kappa shape index (κ2) is 19.3. The number of hydrogen-bond donors (Lipinski definition) is 3. The highest BCUT2D eigenvalue weighted by Crippen LogP contribution is 2.31. The maximum absolute atomic E-state index is 13.1. The number of aliphatic hydroxyl groups is 3. The van der Waals surface area contributed by atoms with Gasteiger partial charge in [0.15, 0.2) is 18.7 Å². The molecule has 0 aliphatic carbocycles. The maximum Gasteiger partial charge on any atom is 0.337 e. The van der Waals surface area contributed by atoms with Gasteiger partial charge in [-0.1, -0.05) is 121 Å². The smallest absolute Gasteiger partial charge is 0.337 e. The molecule has 53 heavy (non-hydrogen) atoms. The van der Waals surface area contributed by atoms with E-state index in [0.29, 0.717) is 0 Å². The van der Waals surface area contributed by atoms with Crippen molar-refractivity contribution in [1.29, 1.82) is 0 Å². The van der Waals surface area contributed by atoms with E-state index < -0.39 is 67.4 Å². The van der Waals surface area contributed by atoms with Gasteiger partial charge in [-0.15, -0.1) is 0 Å². The van der Waals surface area contributed by atoms with Gasteiger partial charge >= 0.3 is 5.97 Å². The van der Waals surface area contributed by atoms with Gasteiger partial charge in [0, 0.05) is 0 Å². The van der Waals surface area contributed by atoms with Crippen LogP contribution in [0, 0.1) is 0 Å². The first-order valence-corrected chi connectivity index (χ1v) is 17.6. The van der Waals surface area contributed by atoms with Gasteiger partial charge in [-0.05, 0) is 22.3 Å². The van der Waals surface area contributed by atoms with Gasteiger partial charge < -0.3 is 53.2 Å². The Balaban J connectivity index is 1.21. The largest absolute Gasteiger partial charge is 0.467 e. The van der Waals surface area contributed by atoms with E-state index >= 15 is 0 Å². The number of carbonyl (C=O) groups excluding carboxylic acids is 1. The van der Waals surface area contributed by atoms with E-state index in [9.17, 15) is 20.1 Å². The lowest BCUT2D eigenvalue weighted by Crippen LogP contribution is -2.63. The van der Waals surface area contributed by atoms with E-state index in [2.05, 4.69) is 0 Å². The van der Waals surface area contributed by atoms with Crippen LogP contribution in [-0.4, -0.2) is 96.4 Å². The highest BCUT2D eigenvalue weighted by molar-refractivity contribution is 5.75. The summed E-state index contributed by atoms with van der Waals surface area (Å²) >= 11 is 0. The molecule has 3 N–H and O–H groups in total. The molecule has 6 rings (SSSR count). The van der Waals surface area contributed by atoms with E-state index in [1.165, 1.54) is 7.11 Å². The molecule has 282 valence electrons. The van der Waals surface area contributed by atoms with Gasteiger partial charge in [-0.25, -0.2) is 4.79 Å². The molecule has 0 amide bonds. The predicted molar refractivity (Wildman–Crippen MR) is 190 cm³/mol. The lowest BCUT2D eigenvalue weighted by Gasteiger charge is -2.45. The quantitative estimate of drug-likeness (QED) is 0.144. The zero-order valence-electron chi connectivity index (χ0n) is 29.4. The standard InChI is InChI=1S/C41H46O12/c1-46-39(44)38-35(48-23-28-16-8-3-9-17-28)33(43)37(50-25-30-20-12-5-13-21-30)41(53-38)51-26-31-34(47-22-27-14-6-2-7-15-27)32(42)36(40(45)52-31)49-24-29-18-10-4-11-19-29/h2-21,31-38,40-43,45H,22-26H2,1H3/t31?,32?,33?,34-,35+,36?,37?,38?,40+,41+/m1/s1. The number of aliphatic hydroxyl groups excluding tert-OH is 3. The Bertz CT molecular complexity index is 1650. The zero-order valence-corrected chi connectivity index (χ0v) is 29.4. The summed E-state index contributed by atoms with van der Waals surface area (Å²) in [5.41, 5.74) is 3.35. The molecule has 12 heteroatoms. The fraction of sp³-hybridized carbons (Fsp3) is 0.390. The molecule has 2 saturated heterocycles. The Morgan fingerprint density at radius 3 is 1.38 bits per heavy atom. The number of methoxy groups -OCH3 is 1. The summed E-state index contributed by atoms with van der Waals surface area (Å²) in [5.74, 6) is -0.778. The molecule has 10 atom stereocenters. The summed E-state index contributed by atoms with van der Waals surface area (Å²) in [5, 5.41) is 34.4. The average Bonchev–Trinajstić information content (AvgIpc) is 3.20. The molecule has 2 fully saturated rings. The molecular weight excluding hydrogens is 684 g/mol. The first-order chi connectivity index (χ1) is 25.9. The van der Waals surface area contributed by atoms with Gasteiger partial charge in [-0.3, -0.25) is 0 Å². The molecule has 0 saturated carbocycles. The number of hydrogen-bond acceptors (Lipinski definition) is 12. The van der Waals surface area contributed by atoms with Crippen LogP contribution in [0.1, 0.15) is 22.3 Å². The Labute approximate surface area is 308 Å². The zero-order chi connectivity index (χ0) is 37.0. The minimum absolute atomic E-state index is 0.0793. The summed E-state index contributed by atoms with van der Waals surface area (Å²) < 4.78 is 47.9. The summed E-state index contributed by atoms with van der Waals surface area (Å²) in [6.07, 6.45) is -12.6. The second-order valence-electron chi connectivity index (χ2n) is 12.9. The minimum atomic E-state index is -1.54. The molecule has 0 aromatic heterocycles. The van der Waals surface area contributed by atoms with Crippen molar-refractivity contribution in [3.63, 3.8) is 0 Å². The average molecular weight is 731 g/mol. The van der Waals surface area contributed by atoms with Crippen LogP contribution >= 0.6 is 0 Å². The lowest BCUT2D eigenvalue weighted by atomic mass is 9.97. The van der Waals surface area contributed by atoms with Crippen LogP contribution in [0.3, 0.4) is 0 Å². The second-order valence-corrected chi connectivity index (χ2v) is 12.9. The number of rotatable bonds is 16.